The Kier molecular flexibility index (Phi) is 5.43. The predicted octanol–water partition coefficient (Wildman–Crippen LogP) is 1.95. The lowest BCUT2D eigenvalue weighted by Gasteiger charge is -2.31. The van der Waals surface area contributed by atoms with Crippen LogP contribution in [0, 0.1) is 5.92 Å². The fourth-order valence-electron chi connectivity index (χ4n) is 3.73. The fraction of sp³-hybridized carbons (Fsp3) is 0.667. The fourth-order valence-corrected chi connectivity index (χ4v) is 3.73. The number of carbonyl (C=O) groups is 2. The number of hydrogen-bond acceptors (Lipinski definition) is 4. The zero-order chi connectivity index (χ0) is 16.9. The first kappa shape index (κ1) is 16.9. The summed E-state index contributed by atoms with van der Waals surface area (Å²) >= 11 is 0. The molecule has 0 radical (unpaired) electrons. The van der Waals surface area contributed by atoms with Crippen molar-refractivity contribution in [3.63, 3.8) is 0 Å². The summed E-state index contributed by atoms with van der Waals surface area (Å²) in [5.41, 5.74) is 1.28. The summed E-state index contributed by atoms with van der Waals surface area (Å²) in [6, 6.07) is 3.94. The zero-order valence-electron chi connectivity index (χ0n) is 14.3. The third-order valence-corrected chi connectivity index (χ3v) is 5.10. The van der Waals surface area contributed by atoms with Gasteiger partial charge in [0.05, 0.1) is 5.69 Å². The Morgan fingerprint density at radius 1 is 1.17 bits per heavy atom. The van der Waals surface area contributed by atoms with Crippen LogP contribution in [-0.4, -0.2) is 46.0 Å². The Labute approximate surface area is 143 Å². The highest BCUT2D eigenvalue weighted by Gasteiger charge is 2.23. The molecule has 2 amide bonds. The first-order valence-electron chi connectivity index (χ1n) is 9.01. The average Bonchev–Trinajstić information content (AvgIpc) is 3.08. The van der Waals surface area contributed by atoms with Crippen LogP contribution < -0.4 is 5.32 Å². The Morgan fingerprint density at radius 2 is 1.96 bits per heavy atom. The first-order chi connectivity index (χ1) is 11.6. The number of nitrogens with one attached hydrogen (secondary N) is 1. The summed E-state index contributed by atoms with van der Waals surface area (Å²) in [6.45, 7) is 3.28. The molecule has 1 aromatic rings. The van der Waals surface area contributed by atoms with E-state index in [1.54, 1.807) is 13.0 Å². The highest BCUT2D eigenvalue weighted by atomic mass is 16.2. The van der Waals surface area contributed by atoms with Crippen molar-refractivity contribution in [1.82, 2.24) is 20.4 Å². The number of carbonyl (C=O) groups excluding carboxylic acids is 2. The lowest BCUT2D eigenvalue weighted by molar-refractivity contribution is -0.130. The van der Waals surface area contributed by atoms with Crippen molar-refractivity contribution in [2.45, 2.75) is 57.9 Å². The molecule has 2 aliphatic rings. The number of hydrogen-bond donors (Lipinski definition) is 1. The van der Waals surface area contributed by atoms with Gasteiger partial charge in [-0.2, -0.15) is 5.10 Å². The molecule has 1 atom stereocenters. The highest BCUT2D eigenvalue weighted by Crippen LogP contribution is 2.20. The number of nitrogens with zero attached hydrogens (tertiary/aromatic N) is 3. The molecule has 0 bridgehead atoms. The second-order valence-electron chi connectivity index (χ2n) is 7.04. The van der Waals surface area contributed by atoms with Gasteiger partial charge in [-0.05, 0) is 50.2 Å². The van der Waals surface area contributed by atoms with E-state index in [4.69, 9.17) is 0 Å². The van der Waals surface area contributed by atoms with E-state index in [0.717, 1.165) is 50.9 Å². The van der Waals surface area contributed by atoms with Crippen molar-refractivity contribution in [3.05, 3.63) is 23.5 Å². The van der Waals surface area contributed by atoms with Crippen molar-refractivity contribution < 1.29 is 9.59 Å². The van der Waals surface area contributed by atoms with Crippen LogP contribution in [0.4, 0.5) is 0 Å². The summed E-state index contributed by atoms with van der Waals surface area (Å²) in [4.78, 5) is 25.6. The minimum atomic E-state index is -0.124. The summed E-state index contributed by atoms with van der Waals surface area (Å²) in [5, 5.41) is 11.4. The number of rotatable bonds is 4. The van der Waals surface area contributed by atoms with Gasteiger partial charge in [-0.3, -0.25) is 9.59 Å². The van der Waals surface area contributed by atoms with Gasteiger partial charge in [0.2, 0.25) is 5.91 Å². The Bertz CT molecular complexity index is 581. The summed E-state index contributed by atoms with van der Waals surface area (Å²) in [6.07, 6.45) is 7.45. The second kappa shape index (κ2) is 7.73. The molecule has 0 unspecified atom stereocenters. The van der Waals surface area contributed by atoms with Gasteiger partial charge in [-0.1, -0.05) is 12.8 Å². The van der Waals surface area contributed by atoms with Crippen LogP contribution >= 0.6 is 0 Å². The predicted molar refractivity (Wildman–Crippen MR) is 90.4 cm³/mol. The van der Waals surface area contributed by atoms with E-state index in [9.17, 15) is 9.59 Å². The molecular formula is C18H26N4O2. The van der Waals surface area contributed by atoms with Gasteiger partial charge < -0.3 is 10.2 Å². The molecule has 1 aromatic heterocycles. The van der Waals surface area contributed by atoms with E-state index in [0.29, 0.717) is 17.7 Å². The minimum absolute atomic E-state index is 0.124. The monoisotopic (exact) mass is 330 g/mol. The maximum atomic E-state index is 12.2. The van der Waals surface area contributed by atoms with Gasteiger partial charge in [0.15, 0.2) is 5.69 Å². The molecule has 6 heteroatoms. The maximum absolute atomic E-state index is 12.2. The molecule has 1 saturated carbocycles. The van der Waals surface area contributed by atoms with E-state index in [-0.39, 0.29) is 11.8 Å². The highest BCUT2D eigenvalue weighted by molar-refractivity contribution is 5.92. The van der Waals surface area contributed by atoms with Gasteiger partial charge in [-0.15, -0.1) is 5.10 Å². The van der Waals surface area contributed by atoms with Gasteiger partial charge >= 0.3 is 0 Å². The van der Waals surface area contributed by atoms with Crippen molar-refractivity contribution in [1.29, 1.82) is 0 Å². The molecule has 1 N–H and O–H groups in total. The first-order valence-corrected chi connectivity index (χ1v) is 9.01. The van der Waals surface area contributed by atoms with Gasteiger partial charge in [0.25, 0.3) is 5.91 Å². The minimum Gasteiger partial charge on any atom is -0.348 e. The number of piperidine rings is 1. The van der Waals surface area contributed by atoms with E-state index >= 15 is 0 Å². The van der Waals surface area contributed by atoms with E-state index in [2.05, 4.69) is 15.5 Å². The van der Waals surface area contributed by atoms with Crippen LogP contribution in [0.1, 0.15) is 61.6 Å². The zero-order valence-corrected chi connectivity index (χ0v) is 14.3. The molecule has 24 heavy (non-hydrogen) atoms. The standard InChI is InChI=1S/C18H26N4O2/c1-13(23)22-10-4-5-14(12-22)11-16-8-9-17(21-20-16)18(24)19-15-6-2-3-7-15/h8-9,14-15H,2-7,10-12H2,1H3,(H,19,24)/t14-/m0/s1. The van der Waals surface area contributed by atoms with Crippen LogP contribution in [0.2, 0.25) is 0 Å². The molecule has 0 spiro atoms. The molecular weight excluding hydrogens is 304 g/mol. The van der Waals surface area contributed by atoms with Crippen molar-refractivity contribution in [3.8, 4) is 0 Å². The largest absolute Gasteiger partial charge is 0.348 e. The third kappa shape index (κ3) is 4.30. The van der Waals surface area contributed by atoms with Gasteiger partial charge in [0, 0.05) is 26.1 Å². The summed E-state index contributed by atoms with van der Waals surface area (Å²) in [7, 11) is 0. The Morgan fingerprint density at radius 3 is 2.62 bits per heavy atom. The second-order valence-corrected chi connectivity index (χ2v) is 7.04. The molecule has 1 aliphatic heterocycles. The van der Waals surface area contributed by atoms with Crippen LogP contribution in [-0.2, 0) is 11.2 Å². The number of likely N-dealkylation sites (tertiary alicyclic amines) is 1. The molecule has 1 saturated heterocycles. The van der Waals surface area contributed by atoms with Crippen LogP contribution in [0.5, 0.6) is 0 Å². The topological polar surface area (TPSA) is 75.2 Å². The SMILES string of the molecule is CC(=O)N1CCC[C@@H](Cc2ccc(C(=O)NC3CCCC3)nn2)C1. The lowest BCUT2D eigenvalue weighted by Crippen LogP contribution is -2.39. The number of amides is 2. The van der Waals surface area contributed by atoms with Gasteiger partial charge in [0.1, 0.15) is 0 Å². The molecule has 1 aliphatic carbocycles. The van der Waals surface area contributed by atoms with Crippen molar-refractivity contribution in [2.24, 2.45) is 5.92 Å². The van der Waals surface area contributed by atoms with E-state index in [1.165, 1.54) is 12.8 Å². The maximum Gasteiger partial charge on any atom is 0.272 e. The van der Waals surface area contributed by atoms with Crippen molar-refractivity contribution >= 4 is 11.8 Å². The normalized spacial score (nSPS) is 21.7. The molecule has 3 rings (SSSR count). The van der Waals surface area contributed by atoms with Crippen molar-refractivity contribution in [2.75, 3.05) is 13.1 Å². The molecule has 130 valence electrons. The molecule has 6 nitrogen and oxygen atoms in total. The molecule has 2 fully saturated rings. The quantitative estimate of drug-likeness (QED) is 0.915. The average molecular weight is 330 g/mol. The van der Waals surface area contributed by atoms with E-state index < -0.39 is 0 Å². The Hall–Kier alpha value is -1.98. The molecule has 0 aromatic carbocycles. The Balaban J connectivity index is 1.54. The third-order valence-electron chi connectivity index (χ3n) is 5.10. The van der Waals surface area contributed by atoms with Crippen LogP contribution in [0.25, 0.3) is 0 Å². The van der Waals surface area contributed by atoms with Crippen LogP contribution in [0.15, 0.2) is 12.1 Å². The summed E-state index contributed by atoms with van der Waals surface area (Å²) in [5.74, 6) is 0.446. The van der Waals surface area contributed by atoms with Crippen LogP contribution in [0.3, 0.4) is 0 Å². The smallest absolute Gasteiger partial charge is 0.272 e. The van der Waals surface area contributed by atoms with Gasteiger partial charge in [-0.25, -0.2) is 0 Å². The lowest BCUT2D eigenvalue weighted by atomic mass is 9.93. The number of aromatic nitrogens is 2. The molecule has 2 heterocycles. The summed E-state index contributed by atoms with van der Waals surface area (Å²) < 4.78 is 0. The van der Waals surface area contributed by atoms with E-state index in [1.807, 2.05) is 11.0 Å².